The largest absolute Gasteiger partial charge is 0.360 e. The second kappa shape index (κ2) is 5.73. The zero-order chi connectivity index (χ0) is 15.0. The van der Waals surface area contributed by atoms with E-state index in [1.54, 1.807) is 0 Å². The Morgan fingerprint density at radius 2 is 2.00 bits per heavy atom. The molecule has 0 amide bonds. The second-order valence-corrected chi connectivity index (χ2v) is 13.3. The van der Waals surface area contributed by atoms with Crippen molar-refractivity contribution in [3.63, 3.8) is 0 Å². The molecule has 0 aliphatic carbocycles. The molecule has 3 heteroatoms. The van der Waals surface area contributed by atoms with Gasteiger partial charge < -0.3 is 4.90 Å². The predicted octanol–water partition coefficient (Wildman–Crippen LogP) is 4.66. The number of halogens is 1. The van der Waals surface area contributed by atoms with E-state index in [-0.39, 0.29) is 5.41 Å². The van der Waals surface area contributed by atoms with Crippen LogP contribution in [0.5, 0.6) is 0 Å². The molecule has 0 saturated carbocycles. The van der Waals surface area contributed by atoms with Crippen molar-refractivity contribution in [1.82, 2.24) is 0 Å². The molecule has 1 aromatic carbocycles. The Balaban J connectivity index is 2.28. The first-order valence-electron chi connectivity index (χ1n) is 7.24. The lowest BCUT2D eigenvalue weighted by molar-refractivity contribution is 0.458. The SMILES string of the molecule is CC1(C)CCN(CC#C[Si](C)(C)C)c2ccc(I)cc21. The summed E-state index contributed by atoms with van der Waals surface area (Å²) in [6, 6.07) is 6.82. The van der Waals surface area contributed by atoms with E-state index in [1.807, 2.05) is 0 Å². The lowest BCUT2D eigenvalue weighted by Crippen LogP contribution is -2.37. The van der Waals surface area contributed by atoms with Crippen LogP contribution in [0.3, 0.4) is 0 Å². The van der Waals surface area contributed by atoms with Crippen LogP contribution < -0.4 is 4.90 Å². The summed E-state index contributed by atoms with van der Waals surface area (Å²) in [6.45, 7) is 13.6. The van der Waals surface area contributed by atoms with E-state index < -0.39 is 8.07 Å². The first-order valence-corrected chi connectivity index (χ1v) is 11.8. The van der Waals surface area contributed by atoms with E-state index in [1.165, 1.54) is 21.2 Å². The van der Waals surface area contributed by atoms with Gasteiger partial charge in [-0.25, -0.2) is 0 Å². The smallest absolute Gasteiger partial charge is 0.129 e. The fraction of sp³-hybridized carbons (Fsp3) is 0.529. The third-order valence-electron chi connectivity index (χ3n) is 3.77. The van der Waals surface area contributed by atoms with Crippen molar-refractivity contribution in [3.8, 4) is 11.5 Å². The van der Waals surface area contributed by atoms with Gasteiger partial charge in [0.2, 0.25) is 0 Å². The van der Waals surface area contributed by atoms with E-state index in [0.717, 1.165) is 13.1 Å². The predicted molar refractivity (Wildman–Crippen MR) is 100 cm³/mol. The van der Waals surface area contributed by atoms with Crippen molar-refractivity contribution in [3.05, 3.63) is 27.3 Å². The van der Waals surface area contributed by atoms with Gasteiger partial charge in [-0.15, -0.1) is 5.54 Å². The van der Waals surface area contributed by atoms with Crippen LogP contribution in [0.1, 0.15) is 25.8 Å². The highest BCUT2D eigenvalue weighted by Crippen LogP contribution is 2.40. The molecule has 108 valence electrons. The highest BCUT2D eigenvalue weighted by atomic mass is 127. The Hall–Kier alpha value is -0.473. The fourth-order valence-electron chi connectivity index (χ4n) is 2.56. The standard InChI is InChI=1S/C17H24INSi/c1-17(2)9-11-19(10-6-12-20(3,4)5)16-8-7-14(18)13-15(16)17/h7-8,13H,9-11H2,1-5H3. The van der Waals surface area contributed by atoms with Gasteiger partial charge in [-0.3, -0.25) is 0 Å². The third kappa shape index (κ3) is 3.79. The molecule has 0 N–H and O–H groups in total. The number of rotatable bonds is 1. The normalized spacial score (nSPS) is 17.2. The fourth-order valence-corrected chi connectivity index (χ4v) is 3.66. The molecule has 0 spiro atoms. The average molecular weight is 397 g/mol. The van der Waals surface area contributed by atoms with Gasteiger partial charge in [0.15, 0.2) is 0 Å². The van der Waals surface area contributed by atoms with Crippen LogP contribution in [0.15, 0.2) is 18.2 Å². The summed E-state index contributed by atoms with van der Waals surface area (Å²) in [5.74, 6) is 3.41. The van der Waals surface area contributed by atoms with E-state index in [0.29, 0.717) is 0 Å². The molecule has 0 fully saturated rings. The van der Waals surface area contributed by atoms with Crippen molar-refractivity contribution in [2.24, 2.45) is 0 Å². The molecule has 2 rings (SSSR count). The van der Waals surface area contributed by atoms with Gasteiger partial charge in [-0.1, -0.05) is 39.4 Å². The summed E-state index contributed by atoms with van der Waals surface area (Å²) in [5, 5.41) is 0. The van der Waals surface area contributed by atoms with Gasteiger partial charge in [0.1, 0.15) is 8.07 Å². The Morgan fingerprint density at radius 1 is 1.30 bits per heavy atom. The minimum atomic E-state index is -1.26. The maximum atomic E-state index is 3.48. The molecule has 0 atom stereocenters. The number of fused-ring (bicyclic) bond motifs is 1. The van der Waals surface area contributed by atoms with E-state index in [4.69, 9.17) is 0 Å². The second-order valence-electron chi connectivity index (χ2n) is 7.27. The molecule has 1 heterocycles. The molecule has 0 radical (unpaired) electrons. The van der Waals surface area contributed by atoms with Crippen LogP contribution in [-0.2, 0) is 5.41 Å². The monoisotopic (exact) mass is 397 g/mol. The van der Waals surface area contributed by atoms with Crippen LogP contribution in [-0.4, -0.2) is 21.2 Å². The van der Waals surface area contributed by atoms with Gasteiger partial charge in [0, 0.05) is 15.8 Å². The number of hydrogen-bond acceptors (Lipinski definition) is 1. The highest BCUT2D eigenvalue weighted by Gasteiger charge is 2.30. The summed E-state index contributed by atoms with van der Waals surface area (Å²) in [5.41, 5.74) is 6.61. The Labute approximate surface area is 138 Å². The molecule has 0 bridgehead atoms. The van der Waals surface area contributed by atoms with Crippen molar-refractivity contribution in [2.45, 2.75) is 45.3 Å². The molecule has 1 nitrogen and oxygen atoms in total. The van der Waals surface area contributed by atoms with E-state index in [9.17, 15) is 0 Å². The Morgan fingerprint density at radius 3 is 2.65 bits per heavy atom. The van der Waals surface area contributed by atoms with E-state index in [2.05, 4.69) is 90.6 Å². The molecule has 0 unspecified atom stereocenters. The first-order chi connectivity index (χ1) is 9.19. The maximum Gasteiger partial charge on any atom is 0.129 e. The summed E-state index contributed by atoms with van der Waals surface area (Å²) in [7, 11) is -1.26. The summed E-state index contributed by atoms with van der Waals surface area (Å²) in [4.78, 5) is 2.45. The zero-order valence-electron chi connectivity index (χ0n) is 13.2. The van der Waals surface area contributed by atoms with Crippen molar-refractivity contribution >= 4 is 36.4 Å². The van der Waals surface area contributed by atoms with Gasteiger partial charge in [0.25, 0.3) is 0 Å². The van der Waals surface area contributed by atoms with Crippen molar-refractivity contribution in [2.75, 3.05) is 18.0 Å². The van der Waals surface area contributed by atoms with Crippen LogP contribution in [0.25, 0.3) is 0 Å². The summed E-state index contributed by atoms with van der Waals surface area (Å²) in [6.07, 6.45) is 1.20. The summed E-state index contributed by atoms with van der Waals surface area (Å²) >= 11 is 2.41. The quantitative estimate of drug-likeness (QED) is 0.379. The molecule has 1 aliphatic heterocycles. The number of hydrogen-bond donors (Lipinski definition) is 0. The number of benzene rings is 1. The number of anilines is 1. The first kappa shape index (κ1) is 15.9. The maximum absolute atomic E-state index is 3.48. The Bertz CT molecular complexity index is 561. The lowest BCUT2D eigenvalue weighted by Gasteiger charge is -2.39. The van der Waals surface area contributed by atoms with Gasteiger partial charge in [-0.2, -0.15) is 0 Å². The molecule has 1 aliphatic rings. The van der Waals surface area contributed by atoms with Crippen molar-refractivity contribution < 1.29 is 0 Å². The van der Waals surface area contributed by atoms with Crippen molar-refractivity contribution in [1.29, 1.82) is 0 Å². The average Bonchev–Trinajstić information content (AvgIpc) is 2.31. The van der Waals surface area contributed by atoms with Crippen LogP contribution >= 0.6 is 22.6 Å². The summed E-state index contributed by atoms with van der Waals surface area (Å²) < 4.78 is 1.32. The van der Waals surface area contributed by atoms with Crippen LogP contribution in [0.2, 0.25) is 19.6 Å². The molecular weight excluding hydrogens is 373 g/mol. The Kier molecular flexibility index (Phi) is 4.55. The minimum absolute atomic E-state index is 0.277. The molecular formula is C17H24INSi. The van der Waals surface area contributed by atoms with Gasteiger partial charge in [-0.05, 0) is 58.2 Å². The van der Waals surface area contributed by atoms with Gasteiger partial charge >= 0.3 is 0 Å². The van der Waals surface area contributed by atoms with Crippen LogP contribution in [0.4, 0.5) is 5.69 Å². The van der Waals surface area contributed by atoms with Crippen LogP contribution in [0, 0.1) is 15.0 Å². The molecule has 1 aromatic rings. The lowest BCUT2D eigenvalue weighted by atomic mass is 9.78. The minimum Gasteiger partial charge on any atom is -0.360 e. The van der Waals surface area contributed by atoms with Gasteiger partial charge in [0.05, 0.1) is 6.54 Å². The van der Waals surface area contributed by atoms with E-state index >= 15 is 0 Å². The molecule has 20 heavy (non-hydrogen) atoms. The topological polar surface area (TPSA) is 3.24 Å². The third-order valence-corrected chi connectivity index (χ3v) is 5.37. The number of nitrogens with zero attached hydrogens (tertiary/aromatic N) is 1. The molecule has 0 aromatic heterocycles. The zero-order valence-corrected chi connectivity index (χ0v) is 16.3. The molecule has 0 saturated heterocycles. The highest BCUT2D eigenvalue weighted by molar-refractivity contribution is 14.1.